The molecule has 3 heterocycles. The lowest BCUT2D eigenvalue weighted by Crippen LogP contribution is -2.36. The lowest BCUT2D eigenvalue weighted by Gasteiger charge is -2.21. The van der Waals surface area contributed by atoms with Gasteiger partial charge < -0.3 is 10.6 Å². The number of aromatic nitrogens is 2. The highest BCUT2D eigenvalue weighted by Crippen LogP contribution is 2.33. The Hall–Kier alpha value is -2.28. The number of amides is 2. The van der Waals surface area contributed by atoms with Gasteiger partial charge in [-0.25, -0.2) is 9.97 Å². The second-order valence-electron chi connectivity index (χ2n) is 5.41. The molecular formula is C15H16N4O2S. The van der Waals surface area contributed by atoms with E-state index in [1.54, 1.807) is 16.2 Å². The first-order valence-corrected chi connectivity index (χ1v) is 7.96. The monoisotopic (exact) mass is 316 g/mol. The van der Waals surface area contributed by atoms with E-state index in [-0.39, 0.29) is 23.3 Å². The molecule has 2 aromatic rings. The van der Waals surface area contributed by atoms with E-state index in [1.165, 1.54) is 18.0 Å². The SMILES string of the molecule is C[C@@H]1C[C@H](c2ccsc2)CN1C(=O)c1nccnc1C(N)=O. The van der Waals surface area contributed by atoms with Gasteiger partial charge in [0.05, 0.1) is 0 Å². The van der Waals surface area contributed by atoms with Crippen molar-refractivity contribution in [1.29, 1.82) is 0 Å². The van der Waals surface area contributed by atoms with Crippen LogP contribution in [0.5, 0.6) is 0 Å². The highest BCUT2D eigenvalue weighted by atomic mass is 32.1. The average Bonchev–Trinajstić information content (AvgIpc) is 3.15. The predicted octanol–water partition coefficient (Wildman–Crippen LogP) is 1.66. The molecule has 22 heavy (non-hydrogen) atoms. The molecule has 1 saturated heterocycles. The molecule has 0 spiro atoms. The summed E-state index contributed by atoms with van der Waals surface area (Å²) in [5.41, 5.74) is 6.50. The van der Waals surface area contributed by atoms with Gasteiger partial charge in [0, 0.05) is 30.9 Å². The van der Waals surface area contributed by atoms with Crippen molar-refractivity contribution >= 4 is 23.2 Å². The highest BCUT2D eigenvalue weighted by molar-refractivity contribution is 7.08. The Morgan fingerprint density at radius 1 is 1.32 bits per heavy atom. The van der Waals surface area contributed by atoms with Crippen molar-refractivity contribution in [2.75, 3.05) is 6.54 Å². The van der Waals surface area contributed by atoms with E-state index >= 15 is 0 Å². The van der Waals surface area contributed by atoms with E-state index in [2.05, 4.69) is 21.4 Å². The number of nitrogens with two attached hydrogens (primary N) is 1. The van der Waals surface area contributed by atoms with Gasteiger partial charge in [0.1, 0.15) is 0 Å². The largest absolute Gasteiger partial charge is 0.364 e. The molecule has 2 aromatic heterocycles. The van der Waals surface area contributed by atoms with Gasteiger partial charge in [-0.3, -0.25) is 9.59 Å². The minimum Gasteiger partial charge on any atom is -0.364 e. The van der Waals surface area contributed by atoms with Crippen LogP contribution in [0.1, 0.15) is 45.8 Å². The summed E-state index contributed by atoms with van der Waals surface area (Å²) in [7, 11) is 0. The number of carbonyl (C=O) groups is 2. The quantitative estimate of drug-likeness (QED) is 0.932. The fourth-order valence-corrected chi connectivity index (χ4v) is 3.62. The van der Waals surface area contributed by atoms with E-state index in [1.807, 2.05) is 12.3 Å². The Balaban J connectivity index is 1.85. The molecule has 3 rings (SSSR count). The molecule has 1 aliphatic heterocycles. The zero-order valence-corrected chi connectivity index (χ0v) is 12.9. The lowest BCUT2D eigenvalue weighted by atomic mass is 10.00. The lowest BCUT2D eigenvalue weighted by molar-refractivity contribution is 0.0733. The molecule has 2 atom stereocenters. The van der Waals surface area contributed by atoms with Crippen molar-refractivity contribution in [3.63, 3.8) is 0 Å². The molecule has 0 radical (unpaired) electrons. The minimum atomic E-state index is -0.738. The maximum Gasteiger partial charge on any atom is 0.275 e. The van der Waals surface area contributed by atoms with Crippen molar-refractivity contribution in [2.24, 2.45) is 5.73 Å². The zero-order valence-electron chi connectivity index (χ0n) is 12.1. The highest BCUT2D eigenvalue weighted by Gasteiger charge is 2.35. The number of rotatable bonds is 3. The molecule has 2 N–H and O–H groups in total. The Labute approximate surface area is 132 Å². The molecule has 0 unspecified atom stereocenters. The summed E-state index contributed by atoms with van der Waals surface area (Å²) in [6, 6.07) is 2.17. The average molecular weight is 316 g/mol. The van der Waals surface area contributed by atoms with E-state index in [9.17, 15) is 9.59 Å². The molecule has 114 valence electrons. The second kappa shape index (κ2) is 5.84. The topological polar surface area (TPSA) is 89.2 Å². The van der Waals surface area contributed by atoms with Crippen LogP contribution < -0.4 is 5.73 Å². The standard InChI is InChI=1S/C15H16N4O2S/c1-9-6-11(10-2-5-22-8-10)7-19(9)15(21)13-12(14(16)20)17-3-4-18-13/h2-5,8-9,11H,6-7H2,1H3,(H2,16,20)/t9-,11+/m1/s1. The van der Waals surface area contributed by atoms with Gasteiger partial charge in [-0.15, -0.1) is 0 Å². The smallest absolute Gasteiger partial charge is 0.275 e. The van der Waals surface area contributed by atoms with Gasteiger partial charge in [0.15, 0.2) is 11.4 Å². The van der Waals surface area contributed by atoms with Crippen LogP contribution in [0.2, 0.25) is 0 Å². The summed E-state index contributed by atoms with van der Waals surface area (Å²) in [5.74, 6) is -0.705. The summed E-state index contributed by atoms with van der Waals surface area (Å²) in [4.78, 5) is 33.8. The number of likely N-dealkylation sites (tertiary alicyclic amines) is 1. The summed E-state index contributed by atoms with van der Waals surface area (Å²) in [5, 5.41) is 4.15. The third-order valence-corrected chi connectivity index (χ3v) is 4.69. The predicted molar refractivity (Wildman–Crippen MR) is 82.7 cm³/mol. The van der Waals surface area contributed by atoms with Crippen molar-refractivity contribution in [3.05, 3.63) is 46.2 Å². The first-order valence-electron chi connectivity index (χ1n) is 7.01. The van der Waals surface area contributed by atoms with Crippen LogP contribution >= 0.6 is 11.3 Å². The van der Waals surface area contributed by atoms with Crippen LogP contribution in [-0.2, 0) is 0 Å². The molecule has 1 aliphatic rings. The summed E-state index contributed by atoms with van der Waals surface area (Å²) in [6.07, 6.45) is 3.66. The van der Waals surface area contributed by atoms with Gasteiger partial charge in [-0.1, -0.05) is 0 Å². The van der Waals surface area contributed by atoms with Gasteiger partial charge in [-0.2, -0.15) is 11.3 Å². The first-order chi connectivity index (χ1) is 10.6. The summed E-state index contributed by atoms with van der Waals surface area (Å²) >= 11 is 1.65. The van der Waals surface area contributed by atoms with Crippen LogP contribution in [-0.4, -0.2) is 39.3 Å². The van der Waals surface area contributed by atoms with E-state index in [4.69, 9.17) is 5.73 Å². The number of thiophene rings is 1. The molecule has 0 aliphatic carbocycles. The van der Waals surface area contributed by atoms with Crippen LogP contribution in [0.15, 0.2) is 29.2 Å². The van der Waals surface area contributed by atoms with Gasteiger partial charge in [-0.05, 0) is 35.7 Å². The molecule has 0 bridgehead atoms. The van der Waals surface area contributed by atoms with Crippen molar-refractivity contribution in [1.82, 2.24) is 14.9 Å². The number of carbonyl (C=O) groups excluding carboxylic acids is 2. The normalized spacial score (nSPS) is 21.0. The number of hydrogen-bond acceptors (Lipinski definition) is 5. The molecule has 0 aromatic carbocycles. The van der Waals surface area contributed by atoms with E-state index < -0.39 is 5.91 Å². The molecule has 0 saturated carbocycles. The fourth-order valence-electron chi connectivity index (χ4n) is 2.87. The minimum absolute atomic E-state index is 0.0350. The van der Waals surface area contributed by atoms with Crippen molar-refractivity contribution in [2.45, 2.75) is 25.3 Å². The van der Waals surface area contributed by atoms with E-state index in [0.717, 1.165) is 6.42 Å². The molecular weight excluding hydrogens is 300 g/mol. The number of hydrogen-bond donors (Lipinski definition) is 1. The van der Waals surface area contributed by atoms with Gasteiger partial charge >= 0.3 is 0 Å². The van der Waals surface area contributed by atoms with Gasteiger partial charge in [0.2, 0.25) is 0 Å². The maximum absolute atomic E-state index is 12.7. The third kappa shape index (κ3) is 2.59. The Bertz CT molecular complexity index is 701. The van der Waals surface area contributed by atoms with Crippen LogP contribution in [0.4, 0.5) is 0 Å². The Morgan fingerprint density at radius 2 is 2.05 bits per heavy atom. The van der Waals surface area contributed by atoms with Crippen molar-refractivity contribution < 1.29 is 9.59 Å². The third-order valence-electron chi connectivity index (χ3n) is 3.98. The molecule has 7 heteroatoms. The number of primary amides is 1. The Kier molecular flexibility index (Phi) is 3.89. The molecule has 2 amide bonds. The summed E-state index contributed by atoms with van der Waals surface area (Å²) < 4.78 is 0. The van der Waals surface area contributed by atoms with Gasteiger partial charge in [0.25, 0.3) is 11.8 Å². The first kappa shape index (κ1) is 14.6. The summed E-state index contributed by atoms with van der Waals surface area (Å²) in [6.45, 7) is 2.62. The van der Waals surface area contributed by atoms with Crippen molar-refractivity contribution in [3.8, 4) is 0 Å². The van der Waals surface area contributed by atoms with Crippen LogP contribution in [0.25, 0.3) is 0 Å². The fraction of sp³-hybridized carbons (Fsp3) is 0.333. The second-order valence-corrected chi connectivity index (χ2v) is 6.19. The molecule has 1 fully saturated rings. The molecule has 6 nitrogen and oxygen atoms in total. The zero-order chi connectivity index (χ0) is 15.7. The Morgan fingerprint density at radius 3 is 2.68 bits per heavy atom. The van der Waals surface area contributed by atoms with E-state index in [0.29, 0.717) is 12.5 Å². The number of nitrogens with zero attached hydrogens (tertiary/aromatic N) is 3. The van der Waals surface area contributed by atoms with Crippen LogP contribution in [0.3, 0.4) is 0 Å². The van der Waals surface area contributed by atoms with Crippen LogP contribution in [0, 0.1) is 0 Å². The maximum atomic E-state index is 12.7.